The Hall–Kier alpha value is -1.32. The summed E-state index contributed by atoms with van der Waals surface area (Å²) >= 11 is 0. The van der Waals surface area contributed by atoms with Gasteiger partial charge < -0.3 is 4.74 Å². The van der Waals surface area contributed by atoms with Crippen LogP contribution in [0.25, 0.3) is 0 Å². The number of alkyl halides is 3. The van der Waals surface area contributed by atoms with Gasteiger partial charge in [0.25, 0.3) is 10.0 Å². The zero-order valence-electron chi connectivity index (χ0n) is 11.7. The second kappa shape index (κ2) is 6.63. The van der Waals surface area contributed by atoms with Crippen molar-refractivity contribution in [3.63, 3.8) is 0 Å². The maximum absolute atomic E-state index is 11.9. The summed E-state index contributed by atoms with van der Waals surface area (Å²) in [5.74, 6) is 0.500. The first-order valence-electron chi connectivity index (χ1n) is 5.99. The molecule has 0 bridgehead atoms. The molecule has 0 radical (unpaired) electrons. The first kappa shape index (κ1) is 17.7. The lowest BCUT2D eigenvalue weighted by atomic mass is 10.2. The van der Waals surface area contributed by atoms with Gasteiger partial charge in [0.05, 0.1) is 11.0 Å². The van der Waals surface area contributed by atoms with E-state index in [1.807, 2.05) is 13.8 Å². The van der Waals surface area contributed by atoms with E-state index >= 15 is 0 Å². The van der Waals surface area contributed by atoms with Crippen LogP contribution in [0.2, 0.25) is 0 Å². The molecule has 1 N–H and O–H groups in total. The van der Waals surface area contributed by atoms with E-state index in [1.165, 1.54) is 23.1 Å². The van der Waals surface area contributed by atoms with Gasteiger partial charge in [-0.15, -0.1) is 0 Å². The number of hydrogen-bond donors (Lipinski definition) is 1. The maximum Gasteiger partial charge on any atom is 0.413 e. The van der Waals surface area contributed by atoms with Gasteiger partial charge in [-0.2, -0.15) is 13.2 Å². The Morgan fingerprint density at radius 3 is 2.38 bits per heavy atom. The van der Waals surface area contributed by atoms with Crippen LogP contribution in [0.5, 0.6) is 5.75 Å². The number of ether oxygens (including phenoxy) is 1. The average Bonchev–Trinajstić information content (AvgIpc) is 2.29. The standard InChI is InChI=1S/C12H16F3NO4S/c1-8(2)20-11-5-4-10(6-9(11)3)21(17,18)16-19-7-12(13,14)15/h4-6,8,16H,7H2,1-3H3. The molecule has 0 amide bonds. The van der Waals surface area contributed by atoms with E-state index in [2.05, 4.69) is 4.84 Å². The molecule has 0 aliphatic carbocycles. The van der Waals surface area contributed by atoms with Crippen molar-refractivity contribution in [1.82, 2.24) is 4.89 Å². The van der Waals surface area contributed by atoms with Crippen molar-refractivity contribution in [3.05, 3.63) is 23.8 Å². The van der Waals surface area contributed by atoms with Gasteiger partial charge in [0.2, 0.25) is 0 Å². The van der Waals surface area contributed by atoms with Crippen LogP contribution in [-0.2, 0) is 14.9 Å². The molecule has 0 unspecified atom stereocenters. The molecule has 0 atom stereocenters. The predicted octanol–water partition coefficient (Wildman–Crippen LogP) is 2.55. The van der Waals surface area contributed by atoms with Crippen LogP contribution >= 0.6 is 0 Å². The Bertz CT molecular complexity index is 585. The number of nitrogens with one attached hydrogen (secondary N) is 1. The molecule has 0 aliphatic heterocycles. The van der Waals surface area contributed by atoms with E-state index in [4.69, 9.17) is 4.74 Å². The SMILES string of the molecule is Cc1cc(S(=O)(=O)NOCC(F)(F)F)ccc1OC(C)C. The molecule has 0 fully saturated rings. The van der Waals surface area contributed by atoms with Crippen LogP contribution in [0, 0.1) is 6.92 Å². The fourth-order valence-corrected chi connectivity index (χ4v) is 2.30. The summed E-state index contributed by atoms with van der Waals surface area (Å²) in [4.78, 5) is 5.18. The number of aryl methyl sites for hydroxylation is 1. The Kier molecular flexibility index (Phi) is 5.60. The third kappa shape index (κ3) is 5.90. The van der Waals surface area contributed by atoms with Gasteiger partial charge in [-0.3, -0.25) is 4.84 Å². The third-order valence-electron chi connectivity index (χ3n) is 2.22. The van der Waals surface area contributed by atoms with Crippen molar-refractivity contribution < 1.29 is 31.2 Å². The molecule has 1 aromatic rings. The van der Waals surface area contributed by atoms with Crippen LogP contribution in [0.4, 0.5) is 13.2 Å². The lowest BCUT2D eigenvalue weighted by molar-refractivity contribution is -0.181. The lowest BCUT2D eigenvalue weighted by Crippen LogP contribution is -2.29. The maximum atomic E-state index is 11.9. The van der Waals surface area contributed by atoms with E-state index in [0.717, 1.165) is 0 Å². The van der Waals surface area contributed by atoms with Crippen molar-refractivity contribution in [2.24, 2.45) is 0 Å². The van der Waals surface area contributed by atoms with Crippen molar-refractivity contribution in [2.45, 2.75) is 37.9 Å². The zero-order chi connectivity index (χ0) is 16.3. The molecular weight excluding hydrogens is 311 g/mol. The minimum absolute atomic E-state index is 0.0839. The predicted molar refractivity (Wildman–Crippen MR) is 69.3 cm³/mol. The Morgan fingerprint density at radius 1 is 1.29 bits per heavy atom. The number of hydrogen-bond acceptors (Lipinski definition) is 4. The van der Waals surface area contributed by atoms with Gasteiger partial charge in [-0.05, 0) is 44.5 Å². The van der Waals surface area contributed by atoms with Gasteiger partial charge in [0.1, 0.15) is 5.75 Å². The average molecular weight is 327 g/mol. The molecule has 0 heterocycles. The van der Waals surface area contributed by atoms with Crippen LogP contribution in [-0.4, -0.2) is 27.3 Å². The topological polar surface area (TPSA) is 64.6 Å². The van der Waals surface area contributed by atoms with Crippen LogP contribution in [0.1, 0.15) is 19.4 Å². The van der Waals surface area contributed by atoms with E-state index < -0.39 is 22.8 Å². The zero-order valence-corrected chi connectivity index (χ0v) is 12.5. The summed E-state index contributed by atoms with van der Waals surface area (Å²) in [6.45, 7) is 3.56. The van der Waals surface area contributed by atoms with Crippen molar-refractivity contribution >= 4 is 10.0 Å². The van der Waals surface area contributed by atoms with Crippen molar-refractivity contribution in [2.75, 3.05) is 6.61 Å². The van der Waals surface area contributed by atoms with Gasteiger partial charge in [0.15, 0.2) is 6.61 Å². The molecule has 120 valence electrons. The van der Waals surface area contributed by atoms with Gasteiger partial charge in [-0.25, -0.2) is 8.42 Å². The van der Waals surface area contributed by atoms with Crippen LogP contribution < -0.4 is 9.62 Å². The molecule has 21 heavy (non-hydrogen) atoms. The van der Waals surface area contributed by atoms with Crippen molar-refractivity contribution in [1.29, 1.82) is 0 Å². The first-order chi connectivity index (χ1) is 9.51. The molecule has 5 nitrogen and oxygen atoms in total. The Labute approximate surface area is 121 Å². The molecule has 9 heteroatoms. The molecule has 0 saturated heterocycles. The van der Waals surface area contributed by atoms with Gasteiger partial charge in [-0.1, -0.05) is 4.89 Å². The molecule has 0 saturated carbocycles. The number of sulfonamides is 1. The summed E-state index contributed by atoms with van der Waals surface area (Å²) in [7, 11) is -4.18. The van der Waals surface area contributed by atoms with Gasteiger partial charge in [0, 0.05) is 0 Å². The smallest absolute Gasteiger partial charge is 0.413 e. The number of benzene rings is 1. The molecule has 1 rings (SSSR count). The number of halogens is 3. The number of rotatable bonds is 6. The monoisotopic (exact) mass is 327 g/mol. The molecular formula is C12H16F3NO4S. The van der Waals surface area contributed by atoms with E-state index in [-0.39, 0.29) is 11.0 Å². The third-order valence-corrected chi connectivity index (χ3v) is 3.44. The van der Waals surface area contributed by atoms with Gasteiger partial charge >= 0.3 is 6.18 Å². The summed E-state index contributed by atoms with van der Waals surface area (Å²) < 4.78 is 64.6. The second-order valence-electron chi connectivity index (χ2n) is 4.58. The van der Waals surface area contributed by atoms with Crippen LogP contribution in [0.3, 0.4) is 0 Å². The van der Waals surface area contributed by atoms with E-state index in [9.17, 15) is 21.6 Å². The highest BCUT2D eigenvalue weighted by Gasteiger charge is 2.29. The molecule has 1 aromatic carbocycles. The largest absolute Gasteiger partial charge is 0.491 e. The lowest BCUT2D eigenvalue weighted by Gasteiger charge is -2.14. The molecule has 0 aromatic heterocycles. The molecule has 0 spiro atoms. The highest BCUT2D eigenvalue weighted by molar-refractivity contribution is 7.89. The van der Waals surface area contributed by atoms with Crippen molar-refractivity contribution in [3.8, 4) is 5.75 Å². The van der Waals surface area contributed by atoms with Crippen LogP contribution in [0.15, 0.2) is 23.1 Å². The Morgan fingerprint density at radius 2 is 1.90 bits per heavy atom. The minimum Gasteiger partial charge on any atom is -0.491 e. The van der Waals surface area contributed by atoms with E-state index in [0.29, 0.717) is 11.3 Å². The fraction of sp³-hybridized carbons (Fsp3) is 0.500. The summed E-state index contributed by atoms with van der Waals surface area (Å²) in [6.07, 6.45) is -4.70. The fourth-order valence-electron chi connectivity index (χ4n) is 1.41. The highest BCUT2D eigenvalue weighted by atomic mass is 32.2. The normalized spacial score (nSPS) is 12.7. The summed E-state index contributed by atoms with van der Waals surface area (Å²) in [5.41, 5.74) is 0.544. The molecule has 0 aliphatic rings. The van der Waals surface area contributed by atoms with E-state index in [1.54, 1.807) is 6.92 Å². The quantitative estimate of drug-likeness (QED) is 0.816. The first-order valence-corrected chi connectivity index (χ1v) is 7.47. The second-order valence-corrected chi connectivity index (χ2v) is 6.23. The minimum atomic E-state index is -4.62. The Balaban J connectivity index is 2.82. The summed E-state index contributed by atoms with van der Waals surface area (Å²) in [6, 6.07) is 3.95. The summed E-state index contributed by atoms with van der Waals surface area (Å²) in [5, 5.41) is 0. The highest BCUT2D eigenvalue weighted by Crippen LogP contribution is 2.23.